The number of fused-ring (bicyclic) bond motifs is 1. The maximum atomic E-state index is 11.2. The Balaban J connectivity index is 1.99. The van der Waals surface area contributed by atoms with Gasteiger partial charge in [-0.05, 0) is 36.4 Å². The molecule has 4 nitrogen and oxygen atoms in total. The van der Waals surface area contributed by atoms with Crippen LogP contribution in [-0.2, 0) is 9.05 Å². The average molecular weight is 353 g/mol. The Labute approximate surface area is 137 Å². The summed E-state index contributed by atoms with van der Waals surface area (Å²) in [7, 11) is 1.58. The first kappa shape index (κ1) is 15.1. The first-order valence-corrected chi connectivity index (χ1v) is 8.99. The number of halogens is 2. The number of hydrogen-bond acceptors (Lipinski definition) is 4. The normalized spacial score (nSPS) is 11.5. The third-order valence-corrected chi connectivity index (χ3v) is 4.81. The smallest absolute Gasteiger partial charge is 0.261 e. The third-order valence-electron chi connectivity index (χ3n) is 3.14. The van der Waals surface area contributed by atoms with Crippen molar-refractivity contribution in [2.75, 3.05) is 5.32 Å². The lowest BCUT2D eigenvalue weighted by Crippen LogP contribution is -1.94. The summed E-state index contributed by atoms with van der Waals surface area (Å²) in [5, 5.41) is 4.67. The molecule has 7 heteroatoms. The summed E-state index contributed by atoms with van der Waals surface area (Å²) in [5.74, 6) is 0. The number of aromatic nitrogens is 1. The molecular weight excluding hydrogens is 343 g/mol. The molecule has 0 aliphatic rings. The monoisotopic (exact) mass is 352 g/mol. The van der Waals surface area contributed by atoms with Gasteiger partial charge < -0.3 is 5.32 Å². The van der Waals surface area contributed by atoms with Crippen LogP contribution in [0.1, 0.15) is 0 Å². The van der Waals surface area contributed by atoms with Crippen LogP contribution in [0.4, 0.5) is 11.4 Å². The first-order chi connectivity index (χ1) is 10.4. The maximum Gasteiger partial charge on any atom is 0.261 e. The molecule has 0 radical (unpaired) electrons. The maximum absolute atomic E-state index is 11.2. The molecule has 0 atom stereocenters. The van der Waals surface area contributed by atoms with Crippen molar-refractivity contribution in [1.82, 2.24) is 4.98 Å². The summed E-state index contributed by atoms with van der Waals surface area (Å²) in [6.07, 6.45) is 1.66. The second-order valence-electron chi connectivity index (χ2n) is 4.58. The van der Waals surface area contributed by atoms with Crippen molar-refractivity contribution in [1.29, 1.82) is 0 Å². The molecule has 1 N–H and O–H groups in total. The summed E-state index contributed by atoms with van der Waals surface area (Å²) < 4.78 is 22.5. The summed E-state index contributed by atoms with van der Waals surface area (Å²) >= 11 is 6.13. The molecule has 0 saturated heterocycles. The van der Waals surface area contributed by atoms with Gasteiger partial charge in [0.25, 0.3) is 9.05 Å². The van der Waals surface area contributed by atoms with Crippen molar-refractivity contribution in [3.05, 3.63) is 59.8 Å². The van der Waals surface area contributed by atoms with Gasteiger partial charge in [-0.15, -0.1) is 0 Å². The third kappa shape index (κ3) is 3.02. The van der Waals surface area contributed by atoms with E-state index in [9.17, 15) is 8.42 Å². The fraction of sp³-hybridized carbons (Fsp3) is 0. The molecule has 112 valence electrons. The molecule has 0 spiro atoms. The molecule has 3 aromatic rings. The predicted molar refractivity (Wildman–Crippen MR) is 89.5 cm³/mol. The van der Waals surface area contributed by atoms with E-state index in [1.54, 1.807) is 24.4 Å². The van der Waals surface area contributed by atoms with Crippen LogP contribution in [0.3, 0.4) is 0 Å². The molecule has 0 unspecified atom stereocenters. The SMILES string of the molecule is O=S(=O)(Cl)c1ccc(Nc2ccnc3c(Cl)cccc23)cc1. The molecule has 1 heterocycles. The quantitative estimate of drug-likeness (QED) is 0.702. The van der Waals surface area contributed by atoms with Crippen LogP contribution < -0.4 is 5.32 Å². The first-order valence-electron chi connectivity index (χ1n) is 6.30. The van der Waals surface area contributed by atoms with Crippen LogP contribution in [-0.4, -0.2) is 13.4 Å². The standard InChI is InChI=1S/C15H10Cl2N2O2S/c16-13-3-1-2-12-14(8-9-18-15(12)13)19-10-4-6-11(7-5-10)22(17,20)21/h1-9H,(H,18,19). The van der Waals surface area contributed by atoms with Gasteiger partial charge in [0, 0.05) is 33.6 Å². The van der Waals surface area contributed by atoms with E-state index in [1.165, 1.54) is 12.1 Å². The minimum absolute atomic E-state index is 0.0577. The second kappa shape index (κ2) is 5.76. The molecule has 0 fully saturated rings. The van der Waals surface area contributed by atoms with Crippen LogP contribution in [0.2, 0.25) is 5.02 Å². The summed E-state index contributed by atoms with van der Waals surface area (Å²) in [4.78, 5) is 4.32. The largest absolute Gasteiger partial charge is 0.355 e. The fourth-order valence-electron chi connectivity index (χ4n) is 2.11. The summed E-state index contributed by atoms with van der Waals surface area (Å²) in [6.45, 7) is 0. The molecule has 1 aromatic heterocycles. The van der Waals surface area contributed by atoms with E-state index in [1.807, 2.05) is 18.2 Å². The highest BCUT2D eigenvalue weighted by Crippen LogP contribution is 2.29. The lowest BCUT2D eigenvalue weighted by atomic mass is 10.2. The number of rotatable bonds is 3. The Bertz CT molecular complexity index is 941. The zero-order valence-electron chi connectivity index (χ0n) is 11.1. The van der Waals surface area contributed by atoms with Gasteiger partial charge in [-0.1, -0.05) is 23.7 Å². The number of nitrogens with zero attached hydrogens (tertiary/aromatic N) is 1. The van der Waals surface area contributed by atoms with E-state index in [-0.39, 0.29) is 4.90 Å². The average Bonchev–Trinajstić information content (AvgIpc) is 2.48. The molecule has 22 heavy (non-hydrogen) atoms. The summed E-state index contributed by atoms with van der Waals surface area (Å²) in [6, 6.07) is 13.5. The van der Waals surface area contributed by atoms with Crippen LogP contribution in [0.5, 0.6) is 0 Å². The highest BCUT2D eigenvalue weighted by atomic mass is 35.7. The molecular formula is C15H10Cl2N2O2S. The predicted octanol–water partition coefficient (Wildman–Crippen LogP) is 4.56. The molecule has 0 amide bonds. The minimum atomic E-state index is -3.72. The Morgan fingerprint density at radius 2 is 1.73 bits per heavy atom. The van der Waals surface area contributed by atoms with Crippen molar-refractivity contribution in [2.24, 2.45) is 0 Å². The Morgan fingerprint density at radius 1 is 1.00 bits per heavy atom. The number of nitrogens with one attached hydrogen (secondary N) is 1. The lowest BCUT2D eigenvalue weighted by molar-refractivity contribution is 0.609. The van der Waals surface area contributed by atoms with Gasteiger partial charge in [-0.2, -0.15) is 0 Å². The molecule has 0 bridgehead atoms. The highest BCUT2D eigenvalue weighted by Gasteiger charge is 2.10. The zero-order valence-corrected chi connectivity index (χ0v) is 13.5. The number of para-hydroxylation sites is 1. The van der Waals surface area contributed by atoms with Crippen LogP contribution >= 0.6 is 22.3 Å². The number of pyridine rings is 1. The van der Waals surface area contributed by atoms with Gasteiger partial charge in [-0.3, -0.25) is 4.98 Å². The minimum Gasteiger partial charge on any atom is -0.355 e. The van der Waals surface area contributed by atoms with E-state index in [2.05, 4.69) is 10.3 Å². The van der Waals surface area contributed by atoms with Crippen LogP contribution in [0, 0.1) is 0 Å². The van der Waals surface area contributed by atoms with E-state index in [0.717, 1.165) is 16.8 Å². The Kier molecular flexibility index (Phi) is 3.95. The lowest BCUT2D eigenvalue weighted by Gasteiger charge is -2.10. The van der Waals surface area contributed by atoms with Crippen molar-refractivity contribution in [3.8, 4) is 0 Å². The van der Waals surface area contributed by atoms with Crippen molar-refractivity contribution >= 4 is 53.6 Å². The fourth-order valence-corrected chi connectivity index (χ4v) is 3.10. The Morgan fingerprint density at radius 3 is 2.41 bits per heavy atom. The van der Waals surface area contributed by atoms with Gasteiger partial charge in [0.15, 0.2) is 0 Å². The zero-order chi connectivity index (χ0) is 15.7. The molecule has 3 rings (SSSR count). The van der Waals surface area contributed by atoms with Crippen LogP contribution in [0.15, 0.2) is 59.6 Å². The number of anilines is 2. The van der Waals surface area contributed by atoms with Crippen LogP contribution in [0.25, 0.3) is 10.9 Å². The van der Waals surface area contributed by atoms with Gasteiger partial charge in [-0.25, -0.2) is 8.42 Å². The van der Waals surface area contributed by atoms with Gasteiger partial charge in [0.1, 0.15) is 0 Å². The molecule has 0 saturated carbocycles. The van der Waals surface area contributed by atoms with Crippen molar-refractivity contribution < 1.29 is 8.42 Å². The van der Waals surface area contributed by atoms with Crippen molar-refractivity contribution in [2.45, 2.75) is 4.90 Å². The highest BCUT2D eigenvalue weighted by molar-refractivity contribution is 8.13. The van der Waals surface area contributed by atoms with E-state index >= 15 is 0 Å². The van der Waals surface area contributed by atoms with Gasteiger partial charge >= 0.3 is 0 Å². The van der Waals surface area contributed by atoms with Gasteiger partial charge in [0.05, 0.1) is 15.4 Å². The molecule has 2 aromatic carbocycles. The molecule has 0 aliphatic heterocycles. The molecule has 0 aliphatic carbocycles. The number of hydrogen-bond donors (Lipinski definition) is 1. The summed E-state index contributed by atoms with van der Waals surface area (Å²) in [5.41, 5.74) is 2.26. The Hall–Kier alpha value is -1.82. The second-order valence-corrected chi connectivity index (χ2v) is 7.55. The number of benzene rings is 2. The van der Waals surface area contributed by atoms with E-state index in [4.69, 9.17) is 22.3 Å². The topological polar surface area (TPSA) is 59.1 Å². The van der Waals surface area contributed by atoms with E-state index in [0.29, 0.717) is 10.5 Å². The van der Waals surface area contributed by atoms with Crippen molar-refractivity contribution in [3.63, 3.8) is 0 Å². The van der Waals surface area contributed by atoms with Gasteiger partial charge in [0.2, 0.25) is 0 Å². The van der Waals surface area contributed by atoms with E-state index < -0.39 is 9.05 Å².